The molecule has 3 heterocycles. The van der Waals surface area contributed by atoms with Gasteiger partial charge in [0.1, 0.15) is 49.5 Å². The summed E-state index contributed by atoms with van der Waals surface area (Å²) in [6, 6.07) is 14.2. The summed E-state index contributed by atoms with van der Waals surface area (Å²) in [4.78, 5) is 203. The predicted octanol–water partition coefficient (Wildman–Crippen LogP) is -0.401. The molecule has 17 N–H and O–H groups in total. The first-order valence-corrected chi connectivity index (χ1v) is 38.3. The van der Waals surface area contributed by atoms with Gasteiger partial charge < -0.3 is 88.9 Å². The van der Waals surface area contributed by atoms with Crippen LogP contribution in [0.1, 0.15) is 103 Å². The van der Waals surface area contributed by atoms with E-state index in [0.717, 1.165) is 16.5 Å². The number of hydrogen-bond acceptors (Lipinski definition) is 20. The lowest BCUT2D eigenvalue weighted by Gasteiger charge is -2.32. The number of carboxylic acids is 3. The van der Waals surface area contributed by atoms with Crippen LogP contribution in [0.5, 0.6) is 0 Å². The number of H-pyrrole nitrogens is 2. The van der Waals surface area contributed by atoms with Crippen molar-refractivity contribution >= 4 is 99.5 Å². The van der Waals surface area contributed by atoms with Gasteiger partial charge in [-0.25, -0.2) is 4.98 Å². The molecule has 6 atom stereocenters. The van der Waals surface area contributed by atoms with E-state index in [-0.39, 0.29) is 141 Å². The number of carbonyl (C=O) groups excluding carboxylic acids is 11. The number of nitrogens with two attached hydrogens (primary N) is 1. The zero-order chi connectivity index (χ0) is 83.4. The van der Waals surface area contributed by atoms with Crippen LogP contribution in [-0.4, -0.2) is 273 Å². The molecule has 11 amide bonds. The SMILES string of the molecule is CC(C)CC(CC(C)C)NC(=O)[C@H](Cc1cnc[nH]1)NC(=O)CNC(=O)[C@@H](NC(=O)[C@H](C)NC(=O)[C@H](CCc1c[nH]c2ccccc12)NC(=O)[C@H](CCC(N)=O)NC(=O)[C@@H](Cc1ccccc1)NC(=O)COCC(=O)Nc1ccc(CNC(=O)CN2CCN(CC(=O)O)CCN(CC(=O)O)CCN(CC(=O)O)CC2)cc1)C(C)C. The Morgan fingerprint density at radius 1 is 0.500 bits per heavy atom. The van der Waals surface area contributed by atoms with Crippen molar-refractivity contribution in [3.63, 3.8) is 0 Å². The number of imidazole rings is 1. The third-order valence-corrected chi connectivity index (χ3v) is 18.7. The number of ether oxygens (including phenoxy) is 1. The fourth-order valence-electron chi connectivity index (χ4n) is 12.9. The Balaban J connectivity index is 1.05. The molecule has 0 aliphatic carbocycles. The number of aliphatic carboxylic acids is 3. The van der Waals surface area contributed by atoms with Crippen molar-refractivity contribution in [1.29, 1.82) is 0 Å². The van der Waals surface area contributed by atoms with E-state index in [9.17, 15) is 82.4 Å². The summed E-state index contributed by atoms with van der Waals surface area (Å²) < 4.78 is 5.48. The van der Waals surface area contributed by atoms with E-state index in [1.165, 1.54) is 19.4 Å². The molecule has 36 nitrogen and oxygen atoms in total. The number of amides is 11. The largest absolute Gasteiger partial charge is 0.480 e. The number of carbonyl (C=O) groups is 14. The molecule has 622 valence electrons. The van der Waals surface area contributed by atoms with Crippen LogP contribution in [-0.2, 0) is 97.7 Å². The summed E-state index contributed by atoms with van der Waals surface area (Å²) >= 11 is 0. The normalized spacial score (nSPS) is 15.0. The van der Waals surface area contributed by atoms with E-state index in [2.05, 4.69) is 95.8 Å². The van der Waals surface area contributed by atoms with Crippen molar-refractivity contribution in [2.75, 3.05) is 104 Å². The molecule has 114 heavy (non-hydrogen) atoms. The highest BCUT2D eigenvalue weighted by molar-refractivity contribution is 5.98. The lowest BCUT2D eigenvalue weighted by molar-refractivity contribution is -0.140. The number of rotatable bonds is 45. The highest BCUT2D eigenvalue weighted by Gasteiger charge is 2.34. The number of benzene rings is 3. The number of nitrogens with one attached hydrogen (secondary N) is 12. The molecule has 1 saturated heterocycles. The molecule has 0 saturated carbocycles. The van der Waals surface area contributed by atoms with E-state index in [1.807, 2.05) is 24.3 Å². The molecule has 1 aliphatic heterocycles. The molecule has 0 bridgehead atoms. The Hall–Kier alpha value is -11.2. The molecule has 1 fully saturated rings. The van der Waals surface area contributed by atoms with Gasteiger partial charge in [-0.1, -0.05) is 102 Å². The van der Waals surface area contributed by atoms with Gasteiger partial charge in [-0.3, -0.25) is 86.7 Å². The summed E-state index contributed by atoms with van der Waals surface area (Å²) in [6.45, 7) is 11.9. The predicted molar refractivity (Wildman–Crippen MR) is 420 cm³/mol. The van der Waals surface area contributed by atoms with Gasteiger partial charge in [-0.15, -0.1) is 0 Å². The Kier molecular flexibility index (Phi) is 38.1. The maximum atomic E-state index is 14.6. The van der Waals surface area contributed by atoms with Crippen LogP contribution in [0.2, 0.25) is 0 Å². The summed E-state index contributed by atoms with van der Waals surface area (Å²) in [5.41, 5.74) is 9.30. The van der Waals surface area contributed by atoms with Gasteiger partial charge in [0.05, 0.1) is 39.1 Å². The smallest absolute Gasteiger partial charge is 0.317 e. The van der Waals surface area contributed by atoms with Gasteiger partial charge in [0.25, 0.3) is 0 Å². The second-order valence-corrected chi connectivity index (χ2v) is 29.7. The average molecular weight is 1590 g/mol. The second-order valence-electron chi connectivity index (χ2n) is 29.7. The highest BCUT2D eigenvalue weighted by atomic mass is 16.5. The lowest BCUT2D eigenvalue weighted by atomic mass is 9.95. The number of fused-ring (bicyclic) bond motifs is 1. The van der Waals surface area contributed by atoms with Gasteiger partial charge in [-0.05, 0) is 91.7 Å². The van der Waals surface area contributed by atoms with E-state index < -0.39 is 145 Å². The van der Waals surface area contributed by atoms with E-state index in [0.29, 0.717) is 35.3 Å². The maximum absolute atomic E-state index is 14.6. The lowest BCUT2D eigenvalue weighted by Crippen LogP contribution is -2.59. The number of aromatic amines is 2. The number of nitrogens with zero attached hydrogens (tertiary/aromatic N) is 5. The van der Waals surface area contributed by atoms with Crippen molar-refractivity contribution in [3.05, 3.63) is 120 Å². The van der Waals surface area contributed by atoms with E-state index in [1.54, 1.807) is 94.2 Å². The van der Waals surface area contributed by atoms with Crippen LogP contribution < -0.4 is 58.9 Å². The minimum absolute atomic E-state index is 0.0744. The van der Waals surface area contributed by atoms with Gasteiger partial charge >= 0.3 is 17.9 Å². The van der Waals surface area contributed by atoms with Crippen LogP contribution in [0.15, 0.2) is 97.6 Å². The number of anilines is 1. The van der Waals surface area contributed by atoms with Gasteiger partial charge in [-0.2, -0.15) is 0 Å². The molecular formula is C78H112N18O18. The maximum Gasteiger partial charge on any atom is 0.317 e. The molecule has 36 heteroatoms. The average Bonchev–Trinajstić information content (AvgIpc) is 1.66. The first kappa shape index (κ1) is 91.7. The van der Waals surface area contributed by atoms with Gasteiger partial charge in [0.15, 0.2) is 0 Å². The minimum atomic E-state index is -1.56. The van der Waals surface area contributed by atoms with Crippen LogP contribution in [0.4, 0.5) is 5.69 Å². The quantitative estimate of drug-likeness (QED) is 0.0236. The van der Waals surface area contributed by atoms with E-state index >= 15 is 0 Å². The van der Waals surface area contributed by atoms with Gasteiger partial charge in [0, 0.05) is 119 Å². The Labute approximate surface area is 662 Å². The zero-order valence-electron chi connectivity index (χ0n) is 65.8. The highest BCUT2D eigenvalue weighted by Crippen LogP contribution is 2.21. The Morgan fingerprint density at radius 3 is 1.57 bits per heavy atom. The fourth-order valence-corrected chi connectivity index (χ4v) is 12.9. The summed E-state index contributed by atoms with van der Waals surface area (Å²) in [5, 5.41) is 56.6. The summed E-state index contributed by atoms with van der Waals surface area (Å²) in [5.74, 6) is -11.3. The van der Waals surface area contributed by atoms with Crippen LogP contribution in [0.3, 0.4) is 0 Å². The number of aryl methyl sites for hydroxylation is 1. The molecule has 3 aromatic carbocycles. The third kappa shape index (κ3) is 34.0. The standard InChI is InChI=1S/C78H112N18O18/c1-48(2)33-56(34-49(3)4)87-76(111)63(36-57-39-80-47-84-57)88-65(98)40-83-78(113)72(50(5)6)92-73(108)51(7)85-74(109)60(22-19-54-38-81-59-16-12-11-15-58(54)59)90-75(110)61(23-24-64(79)97)91-77(112)62(35-52-13-9-8-10-14-52)89-68(101)46-114-45-67(100)86-55-20-17-53(18-21-55)37-82-66(99)41-93-25-27-94(42-69(102)103)29-31-96(44-71(106)107)32-30-95(28-26-93)43-70(104)105/h8-18,20-21,38-39,47-51,56,60-63,72,81H,19,22-37,40-46H2,1-7H3,(H2,79,97)(H,80,84)(H,82,99)(H,83,113)(H,85,109)(H,86,100)(H,87,111)(H,88,98)(H,89,101)(H,90,110)(H,91,112)(H,92,108)(H,102,103)(H,104,105)(H,106,107)/t51-,60-,61-,62+,63-,72-/m0/s1. The number of aromatic nitrogens is 3. The van der Waals surface area contributed by atoms with Crippen LogP contribution >= 0.6 is 0 Å². The Bertz CT molecular complexity index is 3970. The number of para-hydroxylation sites is 1. The molecule has 0 spiro atoms. The third-order valence-electron chi connectivity index (χ3n) is 18.7. The van der Waals surface area contributed by atoms with Crippen LogP contribution in [0, 0.1) is 17.8 Å². The molecule has 5 aromatic rings. The number of carboxylic acid groups (broad SMARTS) is 3. The van der Waals surface area contributed by atoms with Gasteiger partial charge in [0.2, 0.25) is 65.0 Å². The molecule has 2 aromatic heterocycles. The first-order chi connectivity index (χ1) is 54.2. The Morgan fingerprint density at radius 2 is 1.02 bits per heavy atom. The molecule has 1 aliphatic rings. The first-order valence-electron chi connectivity index (χ1n) is 38.3. The molecule has 6 rings (SSSR count). The zero-order valence-corrected chi connectivity index (χ0v) is 65.8. The topological polar surface area (TPSA) is 513 Å². The number of primary amides is 1. The monoisotopic (exact) mass is 1590 g/mol. The molecular weight excluding hydrogens is 1480 g/mol. The van der Waals surface area contributed by atoms with E-state index in [4.69, 9.17) is 10.5 Å². The minimum Gasteiger partial charge on any atom is -0.480 e. The summed E-state index contributed by atoms with van der Waals surface area (Å²) in [7, 11) is 0. The molecule has 0 radical (unpaired) electrons. The van der Waals surface area contributed by atoms with Crippen LogP contribution in [0.25, 0.3) is 10.9 Å². The van der Waals surface area contributed by atoms with Crippen molar-refractivity contribution in [2.45, 2.75) is 149 Å². The van der Waals surface area contributed by atoms with Crippen molar-refractivity contribution in [3.8, 4) is 0 Å². The van der Waals surface area contributed by atoms with Crippen molar-refractivity contribution in [1.82, 2.24) is 82.4 Å². The van der Waals surface area contributed by atoms with Crippen molar-refractivity contribution in [2.24, 2.45) is 23.5 Å². The fraction of sp³-hybridized carbons (Fsp3) is 0.526. The van der Waals surface area contributed by atoms with Crippen molar-refractivity contribution < 1.29 is 87.2 Å². The second kappa shape index (κ2) is 47.3. The summed E-state index contributed by atoms with van der Waals surface area (Å²) in [6.07, 6.45) is 5.45. The molecule has 0 unspecified atom stereocenters. The number of hydrogen-bond donors (Lipinski definition) is 16.